The Morgan fingerprint density at radius 3 is 2.88 bits per heavy atom. The highest BCUT2D eigenvalue weighted by Crippen LogP contribution is 2.28. The van der Waals surface area contributed by atoms with Gasteiger partial charge in [-0.2, -0.15) is 0 Å². The maximum atomic E-state index is 8.52. The zero-order chi connectivity index (χ0) is 12.0. The van der Waals surface area contributed by atoms with Crippen LogP contribution in [0.25, 0.3) is 0 Å². The van der Waals surface area contributed by atoms with Gasteiger partial charge in [0, 0.05) is 16.0 Å². The molecular weight excluding hydrogens is 293 g/mol. The van der Waals surface area contributed by atoms with Crippen molar-refractivity contribution in [2.45, 2.75) is 6.92 Å². The third kappa shape index (κ3) is 4.29. The van der Waals surface area contributed by atoms with Crippen LogP contribution in [0.5, 0.6) is 0 Å². The molecule has 0 heterocycles. The van der Waals surface area contributed by atoms with E-state index in [0.717, 1.165) is 20.7 Å². The summed E-state index contributed by atoms with van der Waals surface area (Å²) in [5, 5.41) is 12.5. The van der Waals surface area contributed by atoms with Crippen LogP contribution in [-0.4, -0.2) is 31.5 Å². The Morgan fingerprint density at radius 1 is 1.44 bits per heavy atom. The molecule has 2 N–H and O–H groups in total. The minimum Gasteiger partial charge on any atom is -0.394 e. The van der Waals surface area contributed by atoms with Gasteiger partial charge in [0.05, 0.1) is 25.5 Å². The van der Waals surface area contributed by atoms with Crippen LogP contribution in [0.1, 0.15) is 5.56 Å². The standard InChI is InChI=1S/C11H15BrClNO2/c1-8-6-9(12)11(7-10(8)13)14-2-4-16-5-3-15/h6-7,14-15H,2-5H2,1H3. The molecule has 0 saturated heterocycles. The minimum atomic E-state index is 0.0556. The summed E-state index contributed by atoms with van der Waals surface area (Å²) in [6.07, 6.45) is 0. The van der Waals surface area contributed by atoms with Crippen LogP contribution >= 0.6 is 27.5 Å². The van der Waals surface area contributed by atoms with E-state index < -0.39 is 0 Å². The molecule has 0 aromatic heterocycles. The molecule has 0 aliphatic heterocycles. The number of ether oxygens (including phenoxy) is 1. The normalized spacial score (nSPS) is 10.5. The van der Waals surface area contributed by atoms with Gasteiger partial charge in [0.15, 0.2) is 0 Å². The highest BCUT2D eigenvalue weighted by molar-refractivity contribution is 9.10. The molecule has 0 radical (unpaired) electrons. The topological polar surface area (TPSA) is 41.5 Å². The molecule has 90 valence electrons. The van der Waals surface area contributed by atoms with Crippen LogP contribution in [0.3, 0.4) is 0 Å². The molecule has 16 heavy (non-hydrogen) atoms. The summed E-state index contributed by atoms with van der Waals surface area (Å²) in [7, 11) is 0. The third-order valence-corrected chi connectivity index (χ3v) is 3.11. The van der Waals surface area contributed by atoms with Gasteiger partial charge < -0.3 is 15.2 Å². The Morgan fingerprint density at radius 2 is 2.19 bits per heavy atom. The second-order valence-electron chi connectivity index (χ2n) is 3.34. The summed E-state index contributed by atoms with van der Waals surface area (Å²) >= 11 is 9.49. The van der Waals surface area contributed by atoms with Crippen molar-refractivity contribution >= 4 is 33.2 Å². The number of aliphatic hydroxyl groups is 1. The smallest absolute Gasteiger partial charge is 0.0698 e. The van der Waals surface area contributed by atoms with E-state index in [1.165, 1.54) is 0 Å². The summed E-state index contributed by atoms with van der Waals surface area (Å²) < 4.78 is 6.12. The number of aliphatic hydroxyl groups excluding tert-OH is 1. The molecule has 0 fully saturated rings. The zero-order valence-electron chi connectivity index (χ0n) is 9.09. The molecule has 0 atom stereocenters. The minimum absolute atomic E-state index is 0.0556. The average Bonchev–Trinajstić information content (AvgIpc) is 2.25. The quantitative estimate of drug-likeness (QED) is 0.794. The Bertz CT molecular complexity index is 347. The van der Waals surface area contributed by atoms with E-state index in [1.807, 2.05) is 19.1 Å². The van der Waals surface area contributed by atoms with E-state index in [1.54, 1.807) is 0 Å². The molecule has 0 bridgehead atoms. The van der Waals surface area contributed by atoms with Crippen LogP contribution in [-0.2, 0) is 4.74 Å². The van der Waals surface area contributed by atoms with Crippen molar-refractivity contribution in [2.75, 3.05) is 31.7 Å². The molecular formula is C11H15BrClNO2. The first-order chi connectivity index (χ1) is 7.65. The number of rotatable bonds is 6. The van der Waals surface area contributed by atoms with Crippen molar-refractivity contribution in [1.29, 1.82) is 0 Å². The van der Waals surface area contributed by atoms with Gasteiger partial charge >= 0.3 is 0 Å². The molecule has 0 aliphatic rings. The maximum absolute atomic E-state index is 8.52. The lowest BCUT2D eigenvalue weighted by Gasteiger charge is -2.10. The lowest BCUT2D eigenvalue weighted by Crippen LogP contribution is -2.11. The summed E-state index contributed by atoms with van der Waals surface area (Å²) in [6.45, 7) is 3.62. The molecule has 0 saturated carbocycles. The molecule has 0 amide bonds. The summed E-state index contributed by atoms with van der Waals surface area (Å²) in [6, 6.07) is 3.85. The highest BCUT2D eigenvalue weighted by atomic mass is 79.9. The maximum Gasteiger partial charge on any atom is 0.0698 e. The Balaban J connectivity index is 2.45. The summed E-state index contributed by atoms with van der Waals surface area (Å²) in [5.74, 6) is 0. The molecule has 0 aliphatic carbocycles. The number of hydrogen-bond donors (Lipinski definition) is 2. The lowest BCUT2D eigenvalue weighted by atomic mass is 10.2. The molecule has 1 aromatic rings. The Hall–Kier alpha value is -0.290. The zero-order valence-corrected chi connectivity index (χ0v) is 11.4. The van der Waals surface area contributed by atoms with Gasteiger partial charge in [-0.05, 0) is 40.5 Å². The number of hydrogen-bond acceptors (Lipinski definition) is 3. The SMILES string of the molecule is Cc1cc(Br)c(NCCOCCO)cc1Cl. The number of halogens is 2. The third-order valence-electron chi connectivity index (χ3n) is 2.05. The van der Waals surface area contributed by atoms with Gasteiger partial charge in [0.2, 0.25) is 0 Å². The molecule has 0 spiro atoms. The van der Waals surface area contributed by atoms with E-state index in [0.29, 0.717) is 19.8 Å². The van der Waals surface area contributed by atoms with Gasteiger partial charge in [-0.3, -0.25) is 0 Å². The fourth-order valence-corrected chi connectivity index (χ4v) is 1.97. The first kappa shape index (κ1) is 13.8. The van der Waals surface area contributed by atoms with Crippen molar-refractivity contribution in [3.05, 3.63) is 27.2 Å². The van der Waals surface area contributed by atoms with Gasteiger partial charge in [-0.15, -0.1) is 0 Å². The van der Waals surface area contributed by atoms with E-state index >= 15 is 0 Å². The van der Waals surface area contributed by atoms with Crippen molar-refractivity contribution in [3.8, 4) is 0 Å². The van der Waals surface area contributed by atoms with Gasteiger partial charge in [-0.1, -0.05) is 11.6 Å². The fraction of sp³-hybridized carbons (Fsp3) is 0.455. The summed E-state index contributed by atoms with van der Waals surface area (Å²) in [5.41, 5.74) is 1.99. The average molecular weight is 309 g/mol. The van der Waals surface area contributed by atoms with E-state index in [2.05, 4.69) is 21.2 Å². The number of aryl methyl sites for hydroxylation is 1. The van der Waals surface area contributed by atoms with Gasteiger partial charge in [0.1, 0.15) is 0 Å². The van der Waals surface area contributed by atoms with E-state index in [4.69, 9.17) is 21.4 Å². The van der Waals surface area contributed by atoms with Crippen LogP contribution in [0.2, 0.25) is 5.02 Å². The summed E-state index contributed by atoms with van der Waals surface area (Å²) in [4.78, 5) is 0. The molecule has 1 rings (SSSR count). The lowest BCUT2D eigenvalue weighted by molar-refractivity contribution is 0.0992. The van der Waals surface area contributed by atoms with Crippen molar-refractivity contribution < 1.29 is 9.84 Å². The number of benzene rings is 1. The van der Waals surface area contributed by atoms with Crippen LogP contribution in [0.15, 0.2) is 16.6 Å². The first-order valence-electron chi connectivity index (χ1n) is 5.03. The Kier molecular flexibility index (Phi) is 6.13. The molecule has 5 heteroatoms. The predicted molar refractivity (Wildman–Crippen MR) is 70.3 cm³/mol. The van der Waals surface area contributed by atoms with E-state index in [-0.39, 0.29) is 6.61 Å². The Labute approximate surface area is 109 Å². The second-order valence-corrected chi connectivity index (χ2v) is 4.61. The van der Waals surface area contributed by atoms with Crippen molar-refractivity contribution in [1.82, 2.24) is 0 Å². The highest BCUT2D eigenvalue weighted by Gasteiger charge is 2.03. The van der Waals surface area contributed by atoms with Crippen LogP contribution in [0.4, 0.5) is 5.69 Å². The molecule has 3 nitrogen and oxygen atoms in total. The van der Waals surface area contributed by atoms with Crippen molar-refractivity contribution in [2.24, 2.45) is 0 Å². The van der Waals surface area contributed by atoms with Crippen LogP contribution < -0.4 is 5.32 Å². The number of nitrogens with one attached hydrogen (secondary N) is 1. The van der Waals surface area contributed by atoms with E-state index in [9.17, 15) is 0 Å². The molecule has 1 aromatic carbocycles. The predicted octanol–water partition coefficient (Wildman–Crippen LogP) is 2.83. The van der Waals surface area contributed by atoms with Crippen molar-refractivity contribution in [3.63, 3.8) is 0 Å². The second kappa shape index (κ2) is 7.12. The monoisotopic (exact) mass is 307 g/mol. The molecule has 0 unspecified atom stereocenters. The fourth-order valence-electron chi connectivity index (χ4n) is 1.21. The first-order valence-corrected chi connectivity index (χ1v) is 6.20. The largest absolute Gasteiger partial charge is 0.394 e. The number of anilines is 1. The van der Waals surface area contributed by atoms with Crippen LogP contribution in [0, 0.1) is 6.92 Å². The van der Waals surface area contributed by atoms with Gasteiger partial charge in [-0.25, -0.2) is 0 Å². The van der Waals surface area contributed by atoms with Gasteiger partial charge in [0.25, 0.3) is 0 Å².